The van der Waals surface area contributed by atoms with Gasteiger partial charge in [-0.25, -0.2) is 0 Å². The van der Waals surface area contributed by atoms with E-state index in [2.05, 4.69) is 48.2 Å². The number of hydrogen-bond acceptors (Lipinski definition) is 3. The molecule has 0 bridgehead atoms. The van der Waals surface area contributed by atoms with E-state index in [1.54, 1.807) is 0 Å². The van der Waals surface area contributed by atoms with Crippen LogP contribution in [0.5, 0.6) is 0 Å². The molecule has 16 heavy (non-hydrogen) atoms. The van der Waals surface area contributed by atoms with Gasteiger partial charge in [0.2, 0.25) is 0 Å². The second-order valence-corrected chi connectivity index (χ2v) is 4.29. The van der Waals surface area contributed by atoms with Gasteiger partial charge in [0.15, 0.2) is 0 Å². The van der Waals surface area contributed by atoms with Crippen LogP contribution in [-0.2, 0) is 6.54 Å². The third-order valence-corrected chi connectivity index (χ3v) is 2.70. The van der Waals surface area contributed by atoms with Gasteiger partial charge in [0.1, 0.15) is 0 Å². The quantitative estimate of drug-likeness (QED) is 0.742. The van der Waals surface area contributed by atoms with Crippen molar-refractivity contribution in [3.05, 3.63) is 29.1 Å². The van der Waals surface area contributed by atoms with Crippen LogP contribution >= 0.6 is 0 Å². The fraction of sp³-hybridized carbons (Fsp3) is 0.615. The van der Waals surface area contributed by atoms with Crippen LogP contribution in [0.1, 0.15) is 23.9 Å². The van der Waals surface area contributed by atoms with Crippen molar-refractivity contribution in [3.8, 4) is 0 Å². The Labute approximate surface area is 98.9 Å². The van der Waals surface area contributed by atoms with Crippen LogP contribution in [0.15, 0.2) is 12.1 Å². The van der Waals surface area contributed by atoms with Crippen LogP contribution in [0.3, 0.4) is 0 Å². The van der Waals surface area contributed by atoms with Gasteiger partial charge >= 0.3 is 0 Å². The third kappa shape index (κ3) is 4.29. The van der Waals surface area contributed by atoms with Crippen molar-refractivity contribution in [1.82, 2.24) is 15.2 Å². The predicted octanol–water partition coefficient (Wildman–Crippen LogP) is 1.74. The van der Waals surface area contributed by atoms with Crippen molar-refractivity contribution < 1.29 is 0 Å². The van der Waals surface area contributed by atoms with E-state index in [4.69, 9.17) is 0 Å². The fourth-order valence-electron chi connectivity index (χ4n) is 1.70. The molecule has 1 N–H and O–H groups in total. The fourth-order valence-corrected chi connectivity index (χ4v) is 1.70. The maximum absolute atomic E-state index is 4.48. The molecular weight excluding hydrogens is 198 g/mol. The first-order valence-corrected chi connectivity index (χ1v) is 5.96. The molecule has 0 radical (unpaired) electrons. The summed E-state index contributed by atoms with van der Waals surface area (Å²) in [4.78, 5) is 6.80. The lowest BCUT2D eigenvalue weighted by Gasteiger charge is -2.17. The number of nitrogens with one attached hydrogen (secondary N) is 1. The molecule has 0 atom stereocenters. The minimum atomic E-state index is 0.977. The number of rotatable bonds is 6. The zero-order chi connectivity index (χ0) is 12.0. The molecule has 1 aromatic heterocycles. The molecular formula is C13H23N3. The highest BCUT2D eigenvalue weighted by atomic mass is 15.1. The Morgan fingerprint density at radius 2 is 2.06 bits per heavy atom. The van der Waals surface area contributed by atoms with Gasteiger partial charge in [0, 0.05) is 31.0 Å². The van der Waals surface area contributed by atoms with Crippen molar-refractivity contribution in [3.63, 3.8) is 0 Å². The molecule has 0 aliphatic carbocycles. The number of hydrogen-bond donors (Lipinski definition) is 1. The predicted molar refractivity (Wildman–Crippen MR) is 68.6 cm³/mol. The summed E-state index contributed by atoms with van der Waals surface area (Å²) < 4.78 is 0. The van der Waals surface area contributed by atoms with Crippen molar-refractivity contribution in [2.24, 2.45) is 0 Å². The molecule has 0 amide bonds. The largest absolute Gasteiger partial charge is 0.316 e. The van der Waals surface area contributed by atoms with Gasteiger partial charge in [-0.15, -0.1) is 0 Å². The summed E-state index contributed by atoms with van der Waals surface area (Å²) in [7, 11) is 2.15. The first-order chi connectivity index (χ1) is 7.63. The summed E-state index contributed by atoms with van der Waals surface area (Å²) in [5.74, 6) is 0. The van der Waals surface area contributed by atoms with E-state index in [9.17, 15) is 0 Å². The average molecular weight is 221 g/mol. The first-order valence-electron chi connectivity index (χ1n) is 5.96. The number of aryl methyl sites for hydroxylation is 2. The number of nitrogens with zero attached hydrogens (tertiary/aromatic N) is 2. The van der Waals surface area contributed by atoms with Crippen LogP contribution in [0.2, 0.25) is 0 Å². The van der Waals surface area contributed by atoms with Gasteiger partial charge in [-0.05, 0) is 39.1 Å². The standard InChI is InChI=1S/C13H23N3/c1-5-14-8-9-16(4)10-13-7-6-11(2)15-12(13)3/h6-7,14H,5,8-10H2,1-4H3. The van der Waals surface area contributed by atoms with E-state index in [1.165, 1.54) is 5.56 Å². The Bertz CT molecular complexity index is 323. The van der Waals surface area contributed by atoms with Crippen molar-refractivity contribution >= 4 is 0 Å². The molecule has 0 spiro atoms. The van der Waals surface area contributed by atoms with Gasteiger partial charge in [0.05, 0.1) is 0 Å². The van der Waals surface area contributed by atoms with Crippen LogP contribution in [0.25, 0.3) is 0 Å². The van der Waals surface area contributed by atoms with E-state index >= 15 is 0 Å². The molecule has 0 saturated carbocycles. The Kier molecular flexibility index (Phi) is 5.43. The molecule has 1 heterocycles. The van der Waals surface area contributed by atoms with E-state index in [1.807, 2.05) is 6.92 Å². The van der Waals surface area contributed by atoms with Gasteiger partial charge in [-0.1, -0.05) is 13.0 Å². The van der Waals surface area contributed by atoms with Crippen molar-refractivity contribution in [2.45, 2.75) is 27.3 Å². The lowest BCUT2D eigenvalue weighted by Crippen LogP contribution is -2.29. The van der Waals surface area contributed by atoms with E-state index in [0.717, 1.165) is 37.6 Å². The van der Waals surface area contributed by atoms with E-state index in [-0.39, 0.29) is 0 Å². The highest BCUT2D eigenvalue weighted by molar-refractivity contribution is 5.21. The summed E-state index contributed by atoms with van der Waals surface area (Å²) in [5.41, 5.74) is 3.57. The Morgan fingerprint density at radius 1 is 1.31 bits per heavy atom. The van der Waals surface area contributed by atoms with Crippen LogP contribution < -0.4 is 5.32 Å². The molecule has 0 aromatic carbocycles. The third-order valence-electron chi connectivity index (χ3n) is 2.70. The van der Waals surface area contributed by atoms with Crippen LogP contribution in [-0.4, -0.2) is 36.6 Å². The van der Waals surface area contributed by atoms with Gasteiger partial charge in [-0.2, -0.15) is 0 Å². The molecule has 90 valence electrons. The lowest BCUT2D eigenvalue weighted by atomic mass is 10.2. The monoisotopic (exact) mass is 221 g/mol. The van der Waals surface area contributed by atoms with Gasteiger partial charge in [-0.3, -0.25) is 4.98 Å². The summed E-state index contributed by atoms with van der Waals surface area (Å²) in [5, 5.41) is 3.33. The molecule has 1 aromatic rings. The number of aromatic nitrogens is 1. The zero-order valence-electron chi connectivity index (χ0n) is 10.9. The molecule has 0 fully saturated rings. The molecule has 3 nitrogen and oxygen atoms in total. The second-order valence-electron chi connectivity index (χ2n) is 4.29. The van der Waals surface area contributed by atoms with Crippen molar-refractivity contribution in [2.75, 3.05) is 26.7 Å². The average Bonchev–Trinajstić information content (AvgIpc) is 2.23. The summed E-state index contributed by atoms with van der Waals surface area (Å²) in [6, 6.07) is 4.27. The molecule has 0 aliphatic heterocycles. The summed E-state index contributed by atoms with van der Waals surface area (Å²) in [6.07, 6.45) is 0. The van der Waals surface area contributed by atoms with Gasteiger partial charge in [0.25, 0.3) is 0 Å². The molecule has 0 unspecified atom stereocenters. The van der Waals surface area contributed by atoms with Gasteiger partial charge < -0.3 is 10.2 Å². The molecule has 0 saturated heterocycles. The molecule has 1 rings (SSSR count). The Balaban J connectivity index is 2.46. The number of pyridine rings is 1. The second kappa shape index (κ2) is 6.61. The minimum Gasteiger partial charge on any atom is -0.316 e. The Morgan fingerprint density at radius 3 is 2.69 bits per heavy atom. The summed E-state index contributed by atoms with van der Waals surface area (Å²) in [6.45, 7) is 10.4. The van der Waals surface area contributed by atoms with E-state index in [0.29, 0.717) is 0 Å². The topological polar surface area (TPSA) is 28.2 Å². The van der Waals surface area contributed by atoms with Crippen LogP contribution in [0, 0.1) is 13.8 Å². The summed E-state index contributed by atoms with van der Waals surface area (Å²) >= 11 is 0. The minimum absolute atomic E-state index is 0.977. The van der Waals surface area contributed by atoms with Crippen LogP contribution in [0.4, 0.5) is 0 Å². The maximum atomic E-state index is 4.48. The number of likely N-dealkylation sites (N-methyl/N-ethyl adjacent to an activating group) is 2. The first kappa shape index (κ1) is 13.1. The lowest BCUT2D eigenvalue weighted by molar-refractivity contribution is 0.324. The molecule has 3 heteroatoms. The maximum Gasteiger partial charge on any atom is 0.0420 e. The van der Waals surface area contributed by atoms with E-state index < -0.39 is 0 Å². The zero-order valence-corrected chi connectivity index (χ0v) is 10.9. The highest BCUT2D eigenvalue weighted by Gasteiger charge is 2.03. The Hall–Kier alpha value is -0.930. The molecule has 0 aliphatic rings. The smallest absolute Gasteiger partial charge is 0.0420 e. The highest BCUT2D eigenvalue weighted by Crippen LogP contribution is 2.08. The SMILES string of the molecule is CCNCCN(C)Cc1ccc(C)nc1C. The normalized spacial score (nSPS) is 11.1. The van der Waals surface area contributed by atoms with Crippen molar-refractivity contribution in [1.29, 1.82) is 0 Å².